The summed E-state index contributed by atoms with van der Waals surface area (Å²) in [5.41, 5.74) is 10.8. The van der Waals surface area contributed by atoms with Crippen LogP contribution in [0.5, 0.6) is 0 Å². The molecule has 0 saturated carbocycles. The van der Waals surface area contributed by atoms with E-state index in [4.69, 9.17) is 11.5 Å². The van der Waals surface area contributed by atoms with Gasteiger partial charge in [0, 0.05) is 0 Å². The van der Waals surface area contributed by atoms with Crippen molar-refractivity contribution in [2.45, 2.75) is 9.79 Å². The van der Waals surface area contributed by atoms with Crippen molar-refractivity contribution in [1.82, 2.24) is 0 Å². The molecule has 4 N–H and O–H groups in total. The summed E-state index contributed by atoms with van der Waals surface area (Å²) in [4.78, 5) is -1.54. The predicted octanol–water partition coefficient (Wildman–Crippen LogP) is 1.96. The van der Waals surface area contributed by atoms with Gasteiger partial charge in [-0.15, -0.1) is 0 Å². The number of halogens is 2. The van der Waals surface area contributed by atoms with Crippen LogP contribution in [0.25, 0.3) is 0 Å². The molecule has 100 valence electrons. The number of rotatable bonds is 2. The van der Waals surface area contributed by atoms with Crippen LogP contribution in [0.3, 0.4) is 0 Å². The zero-order valence-corrected chi connectivity index (χ0v) is 10.4. The average Bonchev–Trinajstić information content (AvgIpc) is 2.27. The second-order valence-corrected chi connectivity index (χ2v) is 5.64. The Labute approximate surface area is 108 Å². The molecule has 0 radical (unpaired) electrons. The molecule has 0 aliphatic carbocycles. The second kappa shape index (κ2) is 4.51. The summed E-state index contributed by atoms with van der Waals surface area (Å²) in [7, 11) is -4.46. The minimum atomic E-state index is -4.46. The first-order valence-corrected chi connectivity index (χ1v) is 6.67. The number of hydrogen-bond acceptors (Lipinski definition) is 4. The predicted molar refractivity (Wildman–Crippen MR) is 67.1 cm³/mol. The monoisotopic (exact) mass is 284 g/mol. The van der Waals surface area contributed by atoms with Gasteiger partial charge in [-0.05, 0) is 24.3 Å². The first-order valence-electron chi connectivity index (χ1n) is 5.18. The van der Waals surface area contributed by atoms with Crippen molar-refractivity contribution in [2.75, 3.05) is 11.5 Å². The van der Waals surface area contributed by atoms with Crippen molar-refractivity contribution >= 4 is 21.2 Å². The topological polar surface area (TPSA) is 86.2 Å². The van der Waals surface area contributed by atoms with Gasteiger partial charge >= 0.3 is 0 Å². The van der Waals surface area contributed by atoms with E-state index < -0.39 is 31.3 Å². The minimum absolute atomic E-state index is 0.164. The van der Waals surface area contributed by atoms with Crippen LogP contribution >= 0.6 is 0 Å². The fourth-order valence-corrected chi connectivity index (χ4v) is 3.34. The second-order valence-electron chi connectivity index (χ2n) is 3.82. The standard InChI is InChI=1S/C12H10F2N2O2S/c13-7-3-1-4-8(14)11(7)19(17,18)12-9(15)5-2-6-10(12)16/h1-6H,15-16H2. The molecule has 0 aliphatic heterocycles. The Balaban J connectivity index is 2.81. The lowest BCUT2D eigenvalue weighted by atomic mass is 10.3. The molecular weight excluding hydrogens is 274 g/mol. The lowest BCUT2D eigenvalue weighted by Gasteiger charge is -2.11. The summed E-state index contributed by atoms with van der Waals surface area (Å²) in [5, 5.41) is 0. The molecule has 0 amide bonds. The van der Waals surface area contributed by atoms with Gasteiger partial charge in [-0.3, -0.25) is 0 Å². The Kier molecular flexibility index (Phi) is 3.15. The number of nitrogens with two attached hydrogens (primary N) is 2. The summed E-state index contributed by atoms with van der Waals surface area (Å²) in [5.74, 6) is -2.38. The molecule has 0 aliphatic rings. The van der Waals surface area contributed by atoms with Crippen molar-refractivity contribution in [3.63, 3.8) is 0 Å². The number of nitrogen functional groups attached to an aromatic ring is 2. The first kappa shape index (κ1) is 13.3. The zero-order chi connectivity index (χ0) is 14.2. The van der Waals surface area contributed by atoms with Gasteiger partial charge < -0.3 is 11.5 Å². The van der Waals surface area contributed by atoms with Crippen LogP contribution in [-0.2, 0) is 9.84 Å². The maximum atomic E-state index is 13.6. The fourth-order valence-electron chi connectivity index (χ4n) is 1.73. The largest absolute Gasteiger partial charge is 0.398 e. The van der Waals surface area contributed by atoms with Gasteiger partial charge in [-0.2, -0.15) is 0 Å². The number of benzene rings is 2. The summed E-state index contributed by atoms with van der Waals surface area (Å²) in [6.45, 7) is 0. The molecule has 0 atom stereocenters. The molecule has 4 nitrogen and oxygen atoms in total. The Bertz CT molecular complexity index is 647. The van der Waals surface area contributed by atoms with Gasteiger partial charge in [0.25, 0.3) is 0 Å². The first-order chi connectivity index (χ1) is 8.85. The van der Waals surface area contributed by atoms with Crippen LogP contribution < -0.4 is 11.5 Å². The molecule has 0 fully saturated rings. The quantitative estimate of drug-likeness (QED) is 0.825. The summed E-state index contributed by atoms with van der Waals surface area (Å²) in [6.07, 6.45) is 0. The molecule has 0 heterocycles. The van der Waals surface area contributed by atoms with Crippen molar-refractivity contribution in [2.24, 2.45) is 0 Å². The van der Waals surface area contributed by atoms with Gasteiger partial charge in [0.15, 0.2) is 0 Å². The van der Waals surface area contributed by atoms with Gasteiger partial charge in [0.05, 0.1) is 11.4 Å². The van der Waals surface area contributed by atoms with Crippen LogP contribution in [0.1, 0.15) is 0 Å². The SMILES string of the molecule is Nc1cccc(N)c1S(=O)(=O)c1c(F)cccc1F. The Morgan fingerprint density at radius 3 is 1.68 bits per heavy atom. The molecule has 2 aromatic carbocycles. The van der Waals surface area contributed by atoms with E-state index >= 15 is 0 Å². The maximum Gasteiger partial charge on any atom is 0.216 e. The summed E-state index contributed by atoms with van der Waals surface area (Å²) < 4.78 is 51.7. The van der Waals surface area contributed by atoms with Crippen LogP contribution in [-0.4, -0.2) is 8.42 Å². The highest BCUT2D eigenvalue weighted by atomic mass is 32.2. The van der Waals surface area contributed by atoms with E-state index in [2.05, 4.69) is 0 Å². The van der Waals surface area contributed by atoms with Crippen molar-refractivity contribution < 1.29 is 17.2 Å². The summed E-state index contributed by atoms with van der Waals surface area (Å²) >= 11 is 0. The molecule has 2 aromatic rings. The molecule has 0 aromatic heterocycles. The molecule has 0 unspecified atom stereocenters. The highest BCUT2D eigenvalue weighted by molar-refractivity contribution is 7.91. The third-order valence-electron chi connectivity index (χ3n) is 2.53. The number of sulfone groups is 1. The van der Waals surface area contributed by atoms with Crippen LogP contribution in [0.2, 0.25) is 0 Å². The molecule has 19 heavy (non-hydrogen) atoms. The Morgan fingerprint density at radius 1 is 0.789 bits per heavy atom. The van der Waals surface area contributed by atoms with Gasteiger partial charge in [0.2, 0.25) is 9.84 Å². The third-order valence-corrected chi connectivity index (χ3v) is 4.47. The lowest BCUT2D eigenvalue weighted by Crippen LogP contribution is -2.12. The average molecular weight is 284 g/mol. The number of hydrogen-bond donors (Lipinski definition) is 2. The van der Waals surface area contributed by atoms with E-state index in [1.54, 1.807) is 0 Å². The smallest absolute Gasteiger partial charge is 0.216 e. The van der Waals surface area contributed by atoms with Crippen molar-refractivity contribution in [3.05, 3.63) is 48.0 Å². The normalized spacial score (nSPS) is 11.5. The van der Waals surface area contributed by atoms with Gasteiger partial charge in [-0.25, -0.2) is 17.2 Å². The van der Waals surface area contributed by atoms with E-state index in [-0.39, 0.29) is 11.4 Å². The third kappa shape index (κ3) is 2.12. The van der Waals surface area contributed by atoms with E-state index in [9.17, 15) is 17.2 Å². The fraction of sp³-hybridized carbons (Fsp3) is 0. The van der Waals surface area contributed by atoms with Crippen LogP contribution in [0.4, 0.5) is 20.2 Å². The van der Waals surface area contributed by atoms with Gasteiger partial charge in [0.1, 0.15) is 21.4 Å². The molecule has 0 bridgehead atoms. The summed E-state index contributed by atoms with van der Waals surface area (Å²) in [6, 6.07) is 6.81. The maximum absolute atomic E-state index is 13.6. The minimum Gasteiger partial charge on any atom is -0.398 e. The van der Waals surface area contributed by atoms with Crippen molar-refractivity contribution in [3.8, 4) is 0 Å². The van der Waals surface area contributed by atoms with E-state index in [1.807, 2.05) is 0 Å². The van der Waals surface area contributed by atoms with Crippen LogP contribution in [0.15, 0.2) is 46.2 Å². The highest BCUT2D eigenvalue weighted by Crippen LogP contribution is 2.33. The highest BCUT2D eigenvalue weighted by Gasteiger charge is 2.29. The molecular formula is C12H10F2N2O2S. The molecule has 0 saturated heterocycles. The van der Waals surface area contributed by atoms with Crippen LogP contribution in [0, 0.1) is 11.6 Å². The molecule has 7 heteroatoms. The Hall–Kier alpha value is -2.15. The van der Waals surface area contributed by atoms with E-state index in [1.165, 1.54) is 18.2 Å². The number of anilines is 2. The lowest BCUT2D eigenvalue weighted by molar-refractivity contribution is 0.519. The van der Waals surface area contributed by atoms with Crippen molar-refractivity contribution in [1.29, 1.82) is 0 Å². The zero-order valence-electron chi connectivity index (χ0n) is 9.60. The molecule has 2 rings (SSSR count). The van der Waals surface area contributed by atoms with Gasteiger partial charge in [-0.1, -0.05) is 12.1 Å². The van der Waals surface area contributed by atoms with E-state index in [0.29, 0.717) is 0 Å². The Morgan fingerprint density at radius 2 is 1.21 bits per heavy atom. The molecule has 0 spiro atoms. The van der Waals surface area contributed by atoms with E-state index in [0.717, 1.165) is 18.2 Å².